The second-order valence-electron chi connectivity index (χ2n) is 7.08. The quantitative estimate of drug-likeness (QED) is 0.212. The number of rotatable bonds is 9. The lowest BCUT2D eigenvalue weighted by atomic mass is 10.2. The van der Waals surface area contributed by atoms with Crippen LogP contribution in [0.2, 0.25) is 0 Å². The summed E-state index contributed by atoms with van der Waals surface area (Å²) in [7, 11) is 1.25. The lowest BCUT2D eigenvalue weighted by molar-refractivity contribution is -0.135. The number of esters is 1. The molecule has 2 aromatic rings. The summed E-state index contributed by atoms with van der Waals surface area (Å²) in [4.78, 5) is 41.4. The monoisotopic (exact) mass is 576 g/mol. The molecule has 1 unspecified atom stereocenters. The molecule has 1 N–H and O–H groups in total. The number of hydrogen-bond donors (Lipinski definition) is 1. The summed E-state index contributed by atoms with van der Waals surface area (Å²) in [6.07, 6.45) is 1.66. The molecular formula is C21H23ClFIN4O4. The van der Waals surface area contributed by atoms with Crippen molar-refractivity contribution >= 4 is 46.1 Å². The van der Waals surface area contributed by atoms with Gasteiger partial charge in [0.15, 0.2) is 0 Å². The molecule has 0 bridgehead atoms. The maximum Gasteiger partial charge on any atom is 0.355 e. The van der Waals surface area contributed by atoms with Crippen molar-refractivity contribution in [1.82, 2.24) is 14.1 Å². The van der Waals surface area contributed by atoms with Crippen LogP contribution in [0.5, 0.6) is 0 Å². The highest BCUT2D eigenvalue weighted by molar-refractivity contribution is 14.1. The molecule has 32 heavy (non-hydrogen) atoms. The molecule has 1 aromatic heterocycles. The Morgan fingerprint density at radius 1 is 1.34 bits per heavy atom. The second-order valence-corrected chi connectivity index (χ2v) is 8.61. The Hall–Kier alpha value is -2.47. The first kappa shape index (κ1) is 25.8. The summed E-state index contributed by atoms with van der Waals surface area (Å²) in [6, 6.07) is 4.68. The zero-order valence-electron chi connectivity index (χ0n) is 17.8. The fourth-order valence-electron chi connectivity index (χ4n) is 2.82. The molecule has 1 heterocycles. The van der Waals surface area contributed by atoms with Gasteiger partial charge in [0.2, 0.25) is 5.95 Å². The van der Waals surface area contributed by atoms with E-state index in [0.717, 1.165) is 4.57 Å². The zero-order chi connectivity index (χ0) is 24.0. The van der Waals surface area contributed by atoms with Crippen LogP contribution >= 0.6 is 34.2 Å². The molecule has 8 nitrogen and oxygen atoms in total. The minimum absolute atomic E-state index is 0.00340. The van der Waals surface area contributed by atoms with Crippen LogP contribution in [0.1, 0.15) is 31.9 Å². The van der Waals surface area contributed by atoms with Gasteiger partial charge in [-0.1, -0.05) is 29.8 Å². The second kappa shape index (κ2) is 11.4. The molecule has 0 aliphatic carbocycles. The SMILES string of the molecule is C=CC(C/C(Cl)=C(\I)C(=O)OC)Nc1nc(=O)n(C(C)C)c(=O)n1Cc1ccc(F)cc1. The van der Waals surface area contributed by atoms with Crippen molar-refractivity contribution in [3.8, 4) is 0 Å². The van der Waals surface area contributed by atoms with Crippen LogP contribution < -0.4 is 16.7 Å². The summed E-state index contributed by atoms with van der Waals surface area (Å²) < 4.78 is 20.5. The van der Waals surface area contributed by atoms with E-state index >= 15 is 0 Å². The highest BCUT2D eigenvalue weighted by Gasteiger charge is 2.20. The van der Waals surface area contributed by atoms with E-state index in [1.807, 2.05) is 0 Å². The van der Waals surface area contributed by atoms with Gasteiger partial charge < -0.3 is 10.1 Å². The van der Waals surface area contributed by atoms with Crippen LogP contribution in [0.4, 0.5) is 10.3 Å². The van der Waals surface area contributed by atoms with Crippen molar-refractivity contribution in [2.45, 2.75) is 38.9 Å². The third-order valence-corrected chi connectivity index (χ3v) is 6.23. The molecule has 0 saturated carbocycles. The lowest BCUT2D eigenvalue weighted by Crippen LogP contribution is -2.44. The molecule has 0 aliphatic heterocycles. The molecular weight excluding hydrogens is 554 g/mol. The number of hydrogen-bond acceptors (Lipinski definition) is 6. The smallest absolute Gasteiger partial charge is 0.355 e. The molecule has 1 atom stereocenters. The average molecular weight is 577 g/mol. The van der Waals surface area contributed by atoms with Crippen molar-refractivity contribution < 1.29 is 13.9 Å². The van der Waals surface area contributed by atoms with Crippen LogP contribution in [0.25, 0.3) is 0 Å². The summed E-state index contributed by atoms with van der Waals surface area (Å²) in [5, 5.41) is 3.21. The third kappa shape index (κ3) is 6.28. The Labute approximate surface area is 202 Å². The molecule has 11 heteroatoms. The highest BCUT2D eigenvalue weighted by atomic mass is 127. The van der Waals surface area contributed by atoms with Crippen LogP contribution in [0, 0.1) is 5.82 Å². The average Bonchev–Trinajstić information content (AvgIpc) is 2.75. The highest BCUT2D eigenvalue weighted by Crippen LogP contribution is 2.24. The largest absolute Gasteiger partial charge is 0.465 e. The number of carbonyl (C=O) groups is 1. The normalized spacial score (nSPS) is 12.8. The van der Waals surface area contributed by atoms with E-state index in [0.29, 0.717) is 5.56 Å². The summed E-state index contributed by atoms with van der Waals surface area (Å²) in [6.45, 7) is 7.20. The number of anilines is 1. The minimum atomic E-state index is -0.712. The molecule has 0 radical (unpaired) electrons. The Balaban J connectivity index is 2.50. The standard InChI is InChI=1S/C21H23ClFIN4O4/c1-5-15(10-16(22)17(24)18(29)32-4)25-19-26-20(30)28(12(2)3)21(31)27(19)11-13-6-8-14(23)9-7-13/h5-9,12,15H,1,10-11H2,2-4H3,(H,25,26,30)/b17-16+. The fourth-order valence-corrected chi connectivity index (χ4v) is 3.50. The van der Waals surface area contributed by atoms with Crippen molar-refractivity contribution in [2.75, 3.05) is 12.4 Å². The zero-order valence-corrected chi connectivity index (χ0v) is 20.7. The van der Waals surface area contributed by atoms with Gasteiger partial charge in [0.1, 0.15) is 9.40 Å². The summed E-state index contributed by atoms with van der Waals surface area (Å²) in [5.41, 5.74) is -0.641. The van der Waals surface area contributed by atoms with Gasteiger partial charge in [0.05, 0.1) is 19.7 Å². The van der Waals surface area contributed by atoms with Gasteiger partial charge in [-0.2, -0.15) is 4.98 Å². The number of nitrogens with zero attached hydrogens (tertiary/aromatic N) is 3. The van der Waals surface area contributed by atoms with Gasteiger partial charge in [-0.3, -0.25) is 4.57 Å². The number of nitrogens with one attached hydrogen (secondary N) is 1. The van der Waals surface area contributed by atoms with Crippen molar-refractivity contribution in [3.63, 3.8) is 0 Å². The molecule has 2 rings (SSSR count). The maximum atomic E-state index is 13.3. The Morgan fingerprint density at radius 2 is 1.97 bits per heavy atom. The maximum absolute atomic E-state index is 13.3. The molecule has 0 aliphatic rings. The molecule has 0 amide bonds. The molecule has 0 saturated heterocycles. The van der Waals surface area contributed by atoms with E-state index in [-0.39, 0.29) is 27.5 Å². The molecule has 1 aromatic carbocycles. The van der Waals surface area contributed by atoms with Crippen LogP contribution in [0.3, 0.4) is 0 Å². The lowest BCUT2D eigenvalue weighted by Gasteiger charge is -2.20. The van der Waals surface area contributed by atoms with E-state index in [1.54, 1.807) is 48.6 Å². The van der Waals surface area contributed by atoms with Crippen LogP contribution in [0.15, 0.2) is 55.1 Å². The first-order valence-corrected chi connectivity index (χ1v) is 11.0. The number of aromatic nitrogens is 3. The summed E-state index contributed by atoms with van der Waals surface area (Å²) in [5.74, 6) is -0.981. The van der Waals surface area contributed by atoms with Crippen LogP contribution in [-0.4, -0.2) is 33.2 Å². The number of carbonyl (C=O) groups excluding carboxylic acids is 1. The number of halogens is 3. The number of methoxy groups -OCH3 is 1. The Kier molecular flexibility index (Phi) is 9.20. The van der Waals surface area contributed by atoms with Gasteiger partial charge in [0, 0.05) is 17.5 Å². The number of ether oxygens (including phenoxy) is 1. The third-order valence-electron chi connectivity index (χ3n) is 4.47. The Bertz CT molecular complexity index is 1140. The number of benzene rings is 1. The molecule has 0 fully saturated rings. The van der Waals surface area contributed by atoms with Gasteiger partial charge in [-0.05, 0) is 54.1 Å². The van der Waals surface area contributed by atoms with Gasteiger partial charge in [-0.25, -0.2) is 23.3 Å². The van der Waals surface area contributed by atoms with E-state index in [1.165, 1.54) is 29.9 Å². The van der Waals surface area contributed by atoms with Gasteiger partial charge in [-0.15, -0.1) is 6.58 Å². The van der Waals surface area contributed by atoms with Crippen molar-refractivity contribution in [1.29, 1.82) is 0 Å². The van der Waals surface area contributed by atoms with E-state index in [9.17, 15) is 18.8 Å². The predicted molar refractivity (Wildman–Crippen MR) is 130 cm³/mol. The molecule has 172 valence electrons. The Morgan fingerprint density at radius 3 is 2.50 bits per heavy atom. The van der Waals surface area contributed by atoms with Crippen LogP contribution in [-0.2, 0) is 16.1 Å². The first-order valence-electron chi connectivity index (χ1n) is 9.58. The van der Waals surface area contributed by atoms with E-state index < -0.39 is 35.2 Å². The first-order chi connectivity index (χ1) is 15.1. The topological polar surface area (TPSA) is 95.2 Å². The van der Waals surface area contributed by atoms with Gasteiger partial charge >= 0.3 is 17.3 Å². The minimum Gasteiger partial charge on any atom is -0.465 e. The fraction of sp³-hybridized carbons (Fsp3) is 0.333. The van der Waals surface area contributed by atoms with E-state index in [4.69, 9.17) is 11.6 Å². The predicted octanol–water partition coefficient (Wildman–Crippen LogP) is 3.59. The summed E-state index contributed by atoms with van der Waals surface area (Å²) >= 11 is 8.03. The van der Waals surface area contributed by atoms with Crippen molar-refractivity contribution in [2.24, 2.45) is 0 Å². The molecule has 0 spiro atoms. The van der Waals surface area contributed by atoms with Crippen molar-refractivity contribution in [3.05, 3.63) is 77.9 Å². The van der Waals surface area contributed by atoms with E-state index in [2.05, 4.69) is 21.6 Å². The van der Waals surface area contributed by atoms with Gasteiger partial charge in [0.25, 0.3) is 0 Å².